The van der Waals surface area contributed by atoms with Gasteiger partial charge in [0.05, 0.1) is 0 Å². The van der Waals surface area contributed by atoms with Crippen LogP contribution in [0.1, 0.15) is 26.7 Å². The molecule has 0 aliphatic carbocycles. The van der Waals surface area contributed by atoms with Crippen LogP contribution in [0.3, 0.4) is 0 Å². The first kappa shape index (κ1) is 12.4. The van der Waals surface area contributed by atoms with Crippen molar-refractivity contribution in [1.29, 1.82) is 0 Å². The fraction of sp³-hybridized carbons (Fsp3) is 0.800. The molecule has 1 saturated heterocycles. The molecule has 0 bridgehead atoms. The van der Waals surface area contributed by atoms with Crippen molar-refractivity contribution in [3.63, 3.8) is 0 Å². The molecule has 2 unspecified atom stereocenters. The summed E-state index contributed by atoms with van der Waals surface area (Å²) >= 11 is 1.42. The van der Waals surface area contributed by atoms with E-state index in [0.717, 1.165) is 6.42 Å². The first-order valence-corrected chi connectivity index (χ1v) is 6.19. The molecule has 1 fully saturated rings. The standard InChI is InChI=1S/C10H17NO3S/c1-6(2)9(10(13)14)15-5-7-3-4-8(12)11-7/h6-7,9H,3-5H2,1-2H3,(H,11,12)(H,13,14). The molecule has 0 aromatic rings. The average molecular weight is 231 g/mol. The summed E-state index contributed by atoms with van der Waals surface area (Å²) in [5, 5.41) is 11.4. The van der Waals surface area contributed by atoms with Gasteiger partial charge in [-0.2, -0.15) is 0 Å². The lowest BCUT2D eigenvalue weighted by atomic mass is 10.1. The minimum atomic E-state index is -0.765. The summed E-state index contributed by atoms with van der Waals surface area (Å²) in [4.78, 5) is 21.8. The summed E-state index contributed by atoms with van der Waals surface area (Å²) < 4.78 is 0. The first-order chi connectivity index (χ1) is 7.00. The molecule has 2 atom stereocenters. The van der Waals surface area contributed by atoms with Gasteiger partial charge in [0, 0.05) is 18.2 Å². The van der Waals surface area contributed by atoms with Crippen LogP contribution >= 0.6 is 11.8 Å². The smallest absolute Gasteiger partial charge is 0.316 e. The summed E-state index contributed by atoms with van der Waals surface area (Å²) in [6, 6.07) is 0.156. The predicted molar refractivity (Wildman–Crippen MR) is 59.9 cm³/mol. The molecule has 0 spiro atoms. The van der Waals surface area contributed by atoms with Crippen LogP contribution in [0.4, 0.5) is 0 Å². The third-order valence-corrected chi connectivity index (χ3v) is 4.11. The number of hydrogen-bond acceptors (Lipinski definition) is 3. The Morgan fingerprint density at radius 3 is 2.73 bits per heavy atom. The van der Waals surface area contributed by atoms with E-state index in [2.05, 4.69) is 5.32 Å². The van der Waals surface area contributed by atoms with E-state index in [1.165, 1.54) is 11.8 Å². The van der Waals surface area contributed by atoms with Crippen LogP contribution in [0.25, 0.3) is 0 Å². The molecule has 1 aliphatic heterocycles. The molecule has 86 valence electrons. The lowest BCUT2D eigenvalue weighted by molar-refractivity contribution is -0.137. The van der Waals surface area contributed by atoms with Crippen LogP contribution in [0.2, 0.25) is 0 Å². The van der Waals surface area contributed by atoms with Crippen molar-refractivity contribution in [3.8, 4) is 0 Å². The quantitative estimate of drug-likeness (QED) is 0.743. The maximum Gasteiger partial charge on any atom is 0.316 e. The number of rotatable bonds is 5. The molecule has 1 heterocycles. The van der Waals surface area contributed by atoms with Gasteiger partial charge in [0.1, 0.15) is 5.25 Å². The minimum absolute atomic E-state index is 0.0806. The van der Waals surface area contributed by atoms with Crippen LogP contribution in [0, 0.1) is 5.92 Å². The zero-order chi connectivity index (χ0) is 11.4. The van der Waals surface area contributed by atoms with Crippen molar-refractivity contribution in [3.05, 3.63) is 0 Å². The zero-order valence-electron chi connectivity index (χ0n) is 9.03. The Morgan fingerprint density at radius 2 is 2.33 bits per heavy atom. The van der Waals surface area contributed by atoms with Crippen molar-refractivity contribution in [2.24, 2.45) is 5.92 Å². The van der Waals surface area contributed by atoms with E-state index in [4.69, 9.17) is 5.11 Å². The van der Waals surface area contributed by atoms with Gasteiger partial charge in [-0.3, -0.25) is 9.59 Å². The Morgan fingerprint density at radius 1 is 1.67 bits per heavy atom. The van der Waals surface area contributed by atoms with Gasteiger partial charge >= 0.3 is 5.97 Å². The molecule has 0 aromatic carbocycles. The Bertz CT molecular complexity index is 255. The highest BCUT2D eigenvalue weighted by molar-refractivity contribution is 8.00. The lowest BCUT2D eigenvalue weighted by Gasteiger charge is -2.17. The maximum absolute atomic E-state index is 10.9. The van der Waals surface area contributed by atoms with Gasteiger partial charge in [-0.15, -0.1) is 11.8 Å². The number of carboxylic acid groups (broad SMARTS) is 1. The van der Waals surface area contributed by atoms with E-state index in [-0.39, 0.29) is 23.1 Å². The highest BCUT2D eigenvalue weighted by Gasteiger charge is 2.26. The molecule has 1 aliphatic rings. The lowest BCUT2D eigenvalue weighted by Crippen LogP contribution is -2.30. The van der Waals surface area contributed by atoms with Crippen molar-refractivity contribution in [2.45, 2.75) is 38.0 Å². The Labute approximate surface area is 93.8 Å². The second-order valence-corrected chi connectivity index (χ2v) is 5.31. The summed E-state index contributed by atoms with van der Waals surface area (Å²) in [5.74, 6) is 0.127. The number of hydrogen-bond donors (Lipinski definition) is 2. The van der Waals surface area contributed by atoms with E-state index in [0.29, 0.717) is 12.2 Å². The second kappa shape index (κ2) is 5.39. The summed E-state index contributed by atoms with van der Waals surface area (Å²) in [7, 11) is 0. The van der Waals surface area contributed by atoms with Gasteiger partial charge in [0.2, 0.25) is 5.91 Å². The maximum atomic E-state index is 10.9. The zero-order valence-corrected chi connectivity index (χ0v) is 9.84. The van der Waals surface area contributed by atoms with Crippen LogP contribution in [0.5, 0.6) is 0 Å². The van der Waals surface area contributed by atoms with E-state index >= 15 is 0 Å². The summed E-state index contributed by atoms with van der Waals surface area (Å²) in [5.41, 5.74) is 0. The van der Waals surface area contributed by atoms with Crippen LogP contribution < -0.4 is 5.32 Å². The van der Waals surface area contributed by atoms with Gasteiger partial charge in [-0.25, -0.2) is 0 Å². The van der Waals surface area contributed by atoms with Gasteiger partial charge in [0.15, 0.2) is 0 Å². The van der Waals surface area contributed by atoms with Crippen molar-refractivity contribution < 1.29 is 14.7 Å². The molecule has 0 radical (unpaired) electrons. The predicted octanol–water partition coefficient (Wildman–Crippen LogP) is 1.11. The Balaban J connectivity index is 2.34. The Hall–Kier alpha value is -0.710. The van der Waals surface area contributed by atoms with E-state index in [1.54, 1.807) is 0 Å². The van der Waals surface area contributed by atoms with Gasteiger partial charge < -0.3 is 10.4 Å². The van der Waals surface area contributed by atoms with Crippen LogP contribution in [0.15, 0.2) is 0 Å². The molecule has 15 heavy (non-hydrogen) atoms. The number of carbonyl (C=O) groups is 2. The number of aliphatic carboxylic acids is 1. The molecule has 1 amide bonds. The normalized spacial score (nSPS) is 22.9. The van der Waals surface area contributed by atoms with Crippen LogP contribution in [-0.2, 0) is 9.59 Å². The number of carboxylic acids is 1. The SMILES string of the molecule is CC(C)C(SCC1CCC(=O)N1)C(=O)O. The van der Waals surface area contributed by atoms with Gasteiger partial charge in [0.25, 0.3) is 0 Å². The van der Waals surface area contributed by atoms with E-state index < -0.39 is 5.97 Å². The minimum Gasteiger partial charge on any atom is -0.480 e. The van der Waals surface area contributed by atoms with Crippen molar-refractivity contribution in [1.82, 2.24) is 5.32 Å². The number of carbonyl (C=O) groups excluding carboxylic acids is 1. The largest absolute Gasteiger partial charge is 0.480 e. The fourth-order valence-electron chi connectivity index (χ4n) is 1.57. The molecule has 4 nitrogen and oxygen atoms in total. The number of amides is 1. The molecule has 0 saturated carbocycles. The van der Waals surface area contributed by atoms with Crippen molar-refractivity contribution in [2.75, 3.05) is 5.75 Å². The first-order valence-electron chi connectivity index (χ1n) is 5.14. The highest BCUT2D eigenvalue weighted by Crippen LogP contribution is 2.22. The molecular formula is C10H17NO3S. The molecule has 0 aromatic heterocycles. The Kier molecular flexibility index (Phi) is 4.45. The third-order valence-electron chi connectivity index (χ3n) is 2.41. The molecule has 2 N–H and O–H groups in total. The summed E-state index contributed by atoms with van der Waals surface area (Å²) in [6.07, 6.45) is 1.40. The average Bonchev–Trinajstić information content (AvgIpc) is 2.50. The van der Waals surface area contributed by atoms with Gasteiger partial charge in [-0.1, -0.05) is 13.8 Å². The highest BCUT2D eigenvalue weighted by atomic mass is 32.2. The van der Waals surface area contributed by atoms with Crippen LogP contribution in [-0.4, -0.2) is 34.0 Å². The van der Waals surface area contributed by atoms with Gasteiger partial charge in [-0.05, 0) is 12.3 Å². The van der Waals surface area contributed by atoms with E-state index in [1.807, 2.05) is 13.8 Å². The third kappa shape index (κ3) is 3.74. The monoisotopic (exact) mass is 231 g/mol. The second-order valence-electron chi connectivity index (χ2n) is 4.14. The number of nitrogens with one attached hydrogen (secondary N) is 1. The molecule has 5 heteroatoms. The molecular weight excluding hydrogens is 214 g/mol. The topological polar surface area (TPSA) is 66.4 Å². The fourth-order valence-corrected chi connectivity index (χ4v) is 2.79. The molecule has 1 rings (SSSR count). The summed E-state index contributed by atoms with van der Waals surface area (Å²) in [6.45, 7) is 3.80. The van der Waals surface area contributed by atoms with Crippen molar-refractivity contribution >= 4 is 23.6 Å². The number of thioether (sulfide) groups is 1. The van der Waals surface area contributed by atoms with E-state index in [9.17, 15) is 9.59 Å².